The van der Waals surface area contributed by atoms with Crippen LogP contribution in [0.15, 0.2) is 4.52 Å². The highest BCUT2D eigenvalue weighted by Crippen LogP contribution is 2.01. The number of nitrogens with zero attached hydrogens (tertiary/aromatic N) is 3. The van der Waals surface area contributed by atoms with Crippen molar-refractivity contribution in [2.45, 2.75) is 19.3 Å². The van der Waals surface area contributed by atoms with Gasteiger partial charge < -0.3 is 15.2 Å². The number of hydrogen-bond acceptors (Lipinski definition) is 5. The number of aromatic nitrogens is 2. The molecule has 1 heterocycles. The van der Waals surface area contributed by atoms with E-state index in [1.54, 1.807) is 0 Å². The molecule has 1 aromatic heterocycles. The van der Waals surface area contributed by atoms with Crippen LogP contribution in [0.5, 0.6) is 0 Å². The monoisotopic (exact) mass is 198 g/mol. The maximum absolute atomic E-state index is 5.39. The Kier molecular flexibility index (Phi) is 4.55. The van der Waals surface area contributed by atoms with Gasteiger partial charge in [-0.2, -0.15) is 4.98 Å². The number of rotatable bonds is 6. The third kappa shape index (κ3) is 3.85. The van der Waals surface area contributed by atoms with Crippen molar-refractivity contribution in [1.82, 2.24) is 15.0 Å². The van der Waals surface area contributed by atoms with E-state index < -0.39 is 0 Å². The molecule has 0 aliphatic carbocycles. The summed E-state index contributed by atoms with van der Waals surface area (Å²) in [7, 11) is 4.05. The zero-order chi connectivity index (χ0) is 10.4. The van der Waals surface area contributed by atoms with Crippen LogP contribution in [0.25, 0.3) is 0 Å². The highest BCUT2D eigenvalue weighted by atomic mass is 16.5. The van der Waals surface area contributed by atoms with Gasteiger partial charge in [-0.1, -0.05) is 5.16 Å². The summed E-state index contributed by atoms with van der Waals surface area (Å²) in [6.07, 6.45) is 2.51. The van der Waals surface area contributed by atoms with E-state index in [0.717, 1.165) is 31.6 Å². The quantitative estimate of drug-likeness (QED) is 0.700. The van der Waals surface area contributed by atoms with E-state index >= 15 is 0 Å². The van der Waals surface area contributed by atoms with Crippen molar-refractivity contribution in [2.75, 3.05) is 27.2 Å². The first-order valence-electron chi connectivity index (χ1n) is 4.88. The van der Waals surface area contributed by atoms with Gasteiger partial charge in [0.1, 0.15) is 0 Å². The summed E-state index contributed by atoms with van der Waals surface area (Å²) in [5, 5.41) is 3.89. The summed E-state index contributed by atoms with van der Waals surface area (Å²) in [4.78, 5) is 6.35. The van der Waals surface area contributed by atoms with Crippen LogP contribution in [0.3, 0.4) is 0 Å². The van der Waals surface area contributed by atoms with Crippen molar-refractivity contribution in [2.24, 2.45) is 5.73 Å². The molecule has 0 atom stereocenters. The third-order valence-corrected chi connectivity index (χ3v) is 1.89. The van der Waals surface area contributed by atoms with Crippen molar-refractivity contribution in [3.63, 3.8) is 0 Å². The van der Waals surface area contributed by atoms with Gasteiger partial charge in [-0.05, 0) is 27.1 Å². The maximum atomic E-state index is 5.39. The van der Waals surface area contributed by atoms with E-state index in [-0.39, 0.29) is 0 Å². The molecule has 5 heteroatoms. The Labute approximate surface area is 84.3 Å². The fourth-order valence-corrected chi connectivity index (χ4v) is 1.07. The Morgan fingerprint density at radius 3 is 2.79 bits per heavy atom. The molecule has 2 N–H and O–H groups in total. The fraction of sp³-hybridized carbons (Fsp3) is 0.778. The average molecular weight is 198 g/mol. The van der Waals surface area contributed by atoms with Crippen molar-refractivity contribution < 1.29 is 4.52 Å². The van der Waals surface area contributed by atoms with E-state index in [4.69, 9.17) is 10.3 Å². The van der Waals surface area contributed by atoms with Crippen LogP contribution in [0.1, 0.15) is 18.1 Å². The lowest BCUT2D eigenvalue weighted by Gasteiger charge is -2.05. The first kappa shape index (κ1) is 11.1. The van der Waals surface area contributed by atoms with Crippen LogP contribution in [-0.4, -0.2) is 42.2 Å². The second-order valence-electron chi connectivity index (χ2n) is 3.55. The minimum atomic E-state index is 0.662. The van der Waals surface area contributed by atoms with E-state index in [9.17, 15) is 0 Å². The SMILES string of the molecule is CN(C)CCc1noc(CCCN)n1. The molecule has 5 nitrogen and oxygen atoms in total. The molecule has 1 rings (SSSR count). The molecule has 1 aromatic rings. The predicted octanol–water partition coefficient (Wildman–Crippen LogP) is 0.0650. The first-order chi connectivity index (χ1) is 6.72. The Morgan fingerprint density at radius 1 is 1.36 bits per heavy atom. The van der Waals surface area contributed by atoms with Crippen molar-refractivity contribution >= 4 is 0 Å². The van der Waals surface area contributed by atoms with Crippen molar-refractivity contribution in [3.8, 4) is 0 Å². The van der Waals surface area contributed by atoms with Crippen LogP contribution in [0, 0.1) is 0 Å². The fourth-order valence-electron chi connectivity index (χ4n) is 1.07. The van der Waals surface area contributed by atoms with Gasteiger partial charge in [-0.25, -0.2) is 0 Å². The lowest BCUT2D eigenvalue weighted by molar-refractivity contribution is 0.364. The summed E-state index contributed by atoms with van der Waals surface area (Å²) in [5.74, 6) is 1.48. The Morgan fingerprint density at radius 2 is 2.14 bits per heavy atom. The largest absolute Gasteiger partial charge is 0.339 e. The van der Waals surface area contributed by atoms with Gasteiger partial charge in [0.05, 0.1) is 0 Å². The summed E-state index contributed by atoms with van der Waals surface area (Å²) < 4.78 is 5.06. The molecule has 0 radical (unpaired) electrons. The second-order valence-corrected chi connectivity index (χ2v) is 3.55. The van der Waals surface area contributed by atoms with Crippen LogP contribution in [0.2, 0.25) is 0 Å². The standard InChI is InChI=1S/C9H18N4O/c1-13(2)7-5-8-11-9(14-12-8)4-3-6-10/h3-7,10H2,1-2H3. The lowest BCUT2D eigenvalue weighted by atomic mass is 10.3. The Bertz CT molecular complexity index is 259. The molecule has 0 fully saturated rings. The normalized spacial score (nSPS) is 11.1. The van der Waals surface area contributed by atoms with Crippen LogP contribution in [0.4, 0.5) is 0 Å². The van der Waals surface area contributed by atoms with Gasteiger partial charge >= 0.3 is 0 Å². The third-order valence-electron chi connectivity index (χ3n) is 1.89. The Hall–Kier alpha value is -0.940. The van der Waals surface area contributed by atoms with Crippen molar-refractivity contribution in [1.29, 1.82) is 0 Å². The highest BCUT2D eigenvalue weighted by Gasteiger charge is 2.05. The van der Waals surface area contributed by atoms with Gasteiger partial charge in [-0.15, -0.1) is 0 Å². The molecular formula is C9H18N4O. The maximum Gasteiger partial charge on any atom is 0.226 e. The van der Waals surface area contributed by atoms with Gasteiger partial charge in [0.2, 0.25) is 5.89 Å². The number of aryl methyl sites for hydroxylation is 1. The molecule has 14 heavy (non-hydrogen) atoms. The number of nitrogens with two attached hydrogens (primary N) is 1. The molecule has 0 aliphatic heterocycles. The van der Waals surface area contributed by atoms with E-state index in [1.165, 1.54) is 0 Å². The summed E-state index contributed by atoms with van der Waals surface area (Å²) in [6, 6.07) is 0. The molecule has 0 bridgehead atoms. The zero-order valence-corrected chi connectivity index (χ0v) is 8.86. The molecule has 80 valence electrons. The van der Waals surface area contributed by atoms with E-state index in [2.05, 4.69) is 15.0 Å². The molecular weight excluding hydrogens is 180 g/mol. The minimum absolute atomic E-state index is 0.662. The minimum Gasteiger partial charge on any atom is -0.339 e. The molecule has 0 spiro atoms. The molecule has 0 aromatic carbocycles. The number of hydrogen-bond donors (Lipinski definition) is 1. The van der Waals surface area contributed by atoms with Gasteiger partial charge in [0.25, 0.3) is 0 Å². The topological polar surface area (TPSA) is 68.2 Å². The highest BCUT2D eigenvalue weighted by molar-refractivity contribution is 4.87. The van der Waals surface area contributed by atoms with Crippen LogP contribution < -0.4 is 5.73 Å². The van der Waals surface area contributed by atoms with E-state index in [0.29, 0.717) is 12.4 Å². The molecule has 0 saturated carbocycles. The van der Waals surface area contributed by atoms with Crippen LogP contribution in [-0.2, 0) is 12.8 Å². The lowest BCUT2D eigenvalue weighted by Crippen LogP contribution is -2.15. The summed E-state index contributed by atoms with van der Waals surface area (Å²) in [5.41, 5.74) is 5.39. The van der Waals surface area contributed by atoms with Gasteiger partial charge in [0.15, 0.2) is 5.82 Å². The average Bonchev–Trinajstić information content (AvgIpc) is 2.59. The molecule has 0 amide bonds. The van der Waals surface area contributed by atoms with Gasteiger partial charge in [0, 0.05) is 19.4 Å². The smallest absolute Gasteiger partial charge is 0.226 e. The zero-order valence-electron chi connectivity index (χ0n) is 8.86. The molecule has 0 saturated heterocycles. The molecule has 0 unspecified atom stereocenters. The van der Waals surface area contributed by atoms with Crippen LogP contribution >= 0.6 is 0 Å². The van der Waals surface area contributed by atoms with E-state index in [1.807, 2.05) is 14.1 Å². The predicted molar refractivity (Wildman–Crippen MR) is 53.9 cm³/mol. The Balaban J connectivity index is 2.35. The second kappa shape index (κ2) is 5.72. The van der Waals surface area contributed by atoms with Gasteiger partial charge in [-0.3, -0.25) is 0 Å². The first-order valence-corrected chi connectivity index (χ1v) is 4.88. The summed E-state index contributed by atoms with van der Waals surface area (Å²) in [6.45, 7) is 1.60. The molecule has 0 aliphatic rings. The van der Waals surface area contributed by atoms with Crippen molar-refractivity contribution in [3.05, 3.63) is 11.7 Å². The summed E-state index contributed by atoms with van der Waals surface area (Å²) >= 11 is 0. The number of likely N-dealkylation sites (N-methyl/N-ethyl adjacent to an activating group) is 1.